The molecule has 1 amide bonds. The summed E-state index contributed by atoms with van der Waals surface area (Å²) in [6.45, 7) is -3.00. The van der Waals surface area contributed by atoms with Crippen molar-refractivity contribution in [2.45, 2.75) is 18.6 Å². The van der Waals surface area contributed by atoms with Gasteiger partial charge in [-0.2, -0.15) is 13.2 Å². The van der Waals surface area contributed by atoms with Crippen molar-refractivity contribution in [1.82, 2.24) is 4.90 Å². The van der Waals surface area contributed by atoms with Crippen LogP contribution < -0.4 is 5.73 Å². The van der Waals surface area contributed by atoms with Crippen LogP contribution in [0.25, 0.3) is 0 Å². The molecule has 10 heteroatoms. The van der Waals surface area contributed by atoms with Crippen LogP contribution in [0, 0.1) is 0 Å². The summed E-state index contributed by atoms with van der Waals surface area (Å²) in [4.78, 5) is 31.9. The summed E-state index contributed by atoms with van der Waals surface area (Å²) < 4.78 is 36.3. The molecule has 104 valence electrons. The number of carbonyl (C=O) groups excluding carboxylic acids is 1. The second-order valence-corrected chi connectivity index (χ2v) is 3.41. The summed E-state index contributed by atoms with van der Waals surface area (Å²) in [5, 5.41) is 16.7. The number of rotatable bonds is 6. The number of alkyl halides is 3. The van der Waals surface area contributed by atoms with Gasteiger partial charge in [0.05, 0.1) is 12.5 Å². The summed E-state index contributed by atoms with van der Waals surface area (Å²) in [7, 11) is 0. The number of aliphatic carboxylic acids is 2. The Bertz CT molecular complexity index is 344. The Hall–Kier alpha value is -1.84. The fourth-order valence-electron chi connectivity index (χ4n) is 1.10. The number of nitrogens with two attached hydrogens (primary N) is 1. The van der Waals surface area contributed by atoms with Crippen molar-refractivity contribution in [3.05, 3.63) is 0 Å². The molecular weight excluding hydrogens is 261 g/mol. The quantitative estimate of drug-likeness (QED) is 0.585. The first-order valence-corrected chi connectivity index (χ1v) is 4.57. The zero-order valence-corrected chi connectivity index (χ0v) is 8.98. The molecule has 18 heavy (non-hydrogen) atoms. The van der Waals surface area contributed by atoms with Crippen LogP contribution in [0.4, 0.5) is 13.2 Å². The fourth-order valence-corrected chi connectivity index (χ4v) is 1.10. The van der Waals surface area contributed by atoms with Gasteiger partial charge in [0.2, 0.25) is 5.91 Å². The zero-order chi connectivity index (χ0) is 14.5. The Labute approximate surface area is 99.0 Å². The Balaban J connectivity index is 4.78. The number of hydrogen-bond donors (Lipinski definition) is 3. The fraction of sp³-hybridized carbons (Fsp3) is 0.625. The van der Waals surface area contributed by atoms with Crippen LogP contribution in [0.2, 0.25) is 0 Å². The summed E-state index contributed by atoms with van der Waals surface area (Å²) in [6.07, 6.45) is -5.68. The first-order valence-electron chi connectivity index (χ1n) is 4.57. The van der Waals surface area contributed by atoms with Crippen LogP contribution in [0.15, 0.2) is 0 Å². The number of carboxylic acid groups (broad SMARTS) is 2. The molecule has 0 aromatic carbocycles. The van der Waals surface area contributed by atoms with E-state index in [0.29, 0.717) is 0 Å². The predicted octanol–water partition coefficient (Wildman–Crippen LogP) is -0.736. The SMILES string of the molecule is NC(CC(=O)O)C(=O)N(CC(=O)O)CC(F)(F)F. The van der Waals surface area contributed by atoms with E-state index in [2.05, 4.69) is 0 Å². The van der Waals surface area contributed by atoms with Crippen LogP contribution in [0.1, 0.15) is 6.42 Å². The van der Waals surface area contributed by atoms with Gasteiger partial charge in [-0.25, -0.2) is 0 Å². The van der Waals surface area contributed by atoms with E-state index in [4.69, 9.17) is 15.9 Å². The standard InChI is InChI=1S/C8H11F3N2O5/c9-8(10,11)3-13(2-6(16)17)7(18)4(12)1-5(14)15/h4H,1-3,12H2,(H,14,15)(H,16,17). The minimum Gasteiger partial charge on any atom is -0.481 e. The van der Waals surface area contributed by atoms with E-state index in [1.54, 1.807) is 0 Å². The normalized spacial score (nSPS) is 12.9. The molecule has 0 saturated heterocycles. The summed E-state index contributed by atoms with van der Waals surface area (Å²) in [5.41, 5.74) is 5.08. The van der Waals surface area contributed by atoms with Gasteiger partial charge in [-0.15, -0.1) is 0 Å². The molecule has 0 radical (unpaired) electrons. The molecule has 0 aliphatic carbocycles. The maximum Gasteiger partial charge on any atom is 0.406 e. The molecule has 0 bridgehead atoms. The van der Waals surface area contributed by atoms with E-state index in [1.807, 2.05) is 0 Å². The van der Waals surface area contributed by atoms with Gasteiger partial charge in [-0.3, -0.25) is 14.4 Å². The number of hydrogen-bond acceptors (Lipinski definition) is 4. The average Bonchev–Trinajstić information content (AvgIpc) is 2.11. The van der Waals surface area contributed by atoms with E-state index in [1.165, 1.54) is 0 Å². The van der Waals surface area contributed by atoms with Crippen molar-refractivity contribution in [1.29, 1.82) is 0 Å². The van der Waals surface area contributed by atoms with Gasteiger partial charge >= 0.3 is 18.1 Å². The molecule has 0 saturated carbocycles. The molecule has 0 aromatic heterocycles. The van der Waals surface area contributed by atoms with E-state index < -0.39 is 49.6 Å². The topological polar surface area (TPSA) is 121 Å². The zero-order valence-electron chi connectivity index (χ0n) is 8.98. The highest BCUT2D eigenvalue weighted by atomic mass is 19.4. The second kappa shape index (κ2) is 6.19. The van der Waals surface area contributed by atoms with Gasteiger partial charge < -0.3 is 20.8 Å². The molecule has 1 unspecified atom stereocenters. The van der Waals surface area contributed by atoms with Crippen LogP contribution in [0.3, 0.4) is 0 Å². The van der Waals surface area contributed by atoms with Crippen LogP contribution >= 0.6 is 0 Å². The molecule has 0 fully saturated rings. The minimum absolute atomic E-state index is 0.0457. The summed E-state index contributed by atoms with van der Waals surface area (Å²) >= 11 is 0. The Morgan fingerprint density at radius 3 is 2.00 bits per heavy atom. The molecule has 7 nitrogen and oxygen atoms in total. The highest BCUT2D eigenvalue weighted by Gasteiger charge is 2.35. The van der Waals surface area contributed by atoms with Gasteiger partial charge in [0.15, 0.2) is 0 Å². The molecule has 0 aliphatic rings. The van der Waals surface area contributed by atoms with Gasteiger partial charge in [0, 0.05) is 0 Å². The lowest BCUT2D eigenvalue weighted by Gasteiger charge is -2.24. The average molecular weight is 272 g/mol. The number of amides is 1. The van der Waals surface area contributed by atoms with Crippen molar-refractivity contribution in [2.75, 3.05) is 13.1 Å². The van der Waals surface area contributed by atoms with Crippen molar-refractivity contribution in [3.8, 4) is 0 Å². The largest absolute Gasteiger partial charge is 0.481 e. The second-order valence-electron chi connectivity index (χ2n) is 3.41. The third kappa shape index (κ3) is 6.68. The van der Waals surface area contributed by atoms with Crippen LogP contribution in [-0.4, -0.2) is 58.3 Å². The number of nitrogens with zero attached hydrogens (tertiary/aromatic N) is 1. The monoisotopic (exact) mass is 272 g/mol. The molecular formula is C8H11F3N2O5. The minimum atomic E-state index is -4.80. The molecule has 0 aromatic rings. The van der Waals surface area contributed by atoms with Gasteiger partial charge in [0.1, 0.15) is 13.1 Å². The van der Waals surface area contributed by atoms with Gasteiger partial charge in [-0.1, -0.05) is 0 Å². The molecule has 0 spiro atoms. The molecule has 0 rings (SSSR count). The number of carbonyl (C=O) groups is 3. The Morgan fingerprint density at radius 2 is 1.67 bits per heavy atom. The maximum absolute atomic E-state index is 12.1. The highest BCUT2D eigenvalue weighted by molar-refractivity contribution is 5.88. The van der Waals surface area contributed by atoms with Gasteiger partial charge in [0.25, 0.3) is 0 Å². The smallest absolute Gasteiger partial charge is 0.406 e. The molecule has 0 heterocycles. The highest BCUT2D eigenvalue weighted by Crippen LogP contribution is 2.17. The molecule has 1 atom stereocenters. The third-order valence-corrected chi connectivity index (χ3v) is 1.72. The van der Waals surface area contributed by atoms with E-state index in [-0.39, 0.29) is 4.90 Å². The third-order valence-electron chi connectivity index (χ3n) is 1.72. The number of halogens is 3. The van der Waals surface area contributed by atoms with Crippen LogP contribution in [-0.2, 0) is 14.4 Å². The Kier molecular flexibility index (Phi) is 5.56. The first kappa shape index (κ1) is 16.2. The lowest BCUT2D eigenvalue weighted by molar-refractivity contribution is -0.166. The Morgan fingerprint density at radius 1 is 1.17 bits per heavy atom. The predicted molar refractivity (Wildman–Crippen MR) is 50.5 cm³/mol. The van der Waals surface area contributed by atoms with Crippen LogP contribution in [0.5, 0.6) is 0 Å². The summed E-state index contributed by atoms with van der Waals surface area (Å²) in [5.74, 6) is -4.51. The lowest BCUT2D eigenvalue weighted by Crippen LogP contribution is -2.49. The molecule has 0 aliphatic heterocycles. The summed E-state index contributed by atoms with van der Waals surface area (Å²) in [6, 6.07) is -1.72. The van der Waals surface area contributed by atoms with E-state index in [0.717, 1.165) is 0 Å². The van der Waals surface area contributed by atoms with Crippen molar-refractivity contribution < 1.29 is 37.8 Å². The van der Waals surface area contributed by atoms with Crippen molar-refractivity contribution >= 4 is 17.8 Å². The molecule has 4 N–H and O–H groups in total. The maximum atomic E-state index is 12.1. The van der Waals surface area contributed by atoms with Crippen molar-refractivity contribution in [2.24, 2.45) is 5.73 Å². The van der Waals surface area contributed by atoms with E-state index >= 15 is 0 Å². The number of carboxylic acids is 2. The van der Waals surface area contributed by atoms with Gasteiger partial charge in [-0.05, 0) is 0 Å². The van der Waals surface area contributed by atoms with E-state index in [9.17, 15) is 27.6 Å². The first-order chi connectivity index (χ1) is 8.03. The lowest BCUT2D eigenvalue weighted by atomic mass is 10.2. The van der Waals surface area contributed by atoms with Crippen molar-refractivity contribution in [3.63, 3.8) is 0 Å².